The van der Waals surface area contributed by atoms with E-state index in [1.54, 1.807) is 19.1 Å². The summed E-state index contributed by atoms with van der Waals surface area (Å²) in [6.45, 7) is 4.59. The molecule has 0 unspecified atom stereocenters. The van der Waals surface area contributed by atoms with Gasteiger partial charge in [-0.1, -0.05) is 18.2 Å². The van der Waals surface area contributed by atoms with Gasteiger partial charge in [0.25, 0.3) is 0 Å². The molecule has 4 heteroatoms. The first-order valence-corrected chi connectivity index (χ1v) is 5.95. The van der Waals surface area contributed by atoms with Crippen molar-refractivity contribution in [3.8, 4) is 0 Å². The zero-order valence-corrected chi connectivity index (χ0v) is 10.7. The van der Waals surface area contributed by atoms with Crippen LogP contribution >= 0.6 is 0 Å². The third kappa shape index (κ3) is 5.10. The topological polar surface area (TPSA) is 38.3 Å². The number of carbonyl (C=O) groups is 1. The van der Waals surface area contributed by atoms with Gasteiger partial charge in [-0.15, -0.1) is 0 Å². The fraction of sp³-hybridized carbons (Fsp3) is 0.357. The van der Waals surface area contributed by atoms with Gasteiger partial charge < -0.3 is 10.1 Å². The normalized spacial score (nSPS) is 12.6. The number of ether oxygens (including phenoxy) is 1. The number of carbonyl (C=O) groups excluding carboxylic acids is 1. The van der Waals surface area contributed by atoms with E-state index >= 15 is 0 Å². The van der Waals surface area contributed by atoms with Gasteiger partial charge in [-0.3, -0.25) is 0 Å². The third-order valence-corrected chi connectivity index (χ3v) is 2.43. The average Bonchev–Trinajstić information content (AvgIpc) is 2.35. The quantitative estimate of drug-likeness (QED) is 0.624. The molecule has 0 saturated heterocycles. The van der Waals surface area contributed by atoms with E-state index < -0.39 is 0 Å². The zero-order valence-electron chi connectivity index (χ0n) is 10.7. The highest BCUT2D eigenvalue weighted by Gasteiger charge is 2.04. The highest BCUT2D eigenvalue weighted by Crippen LogP contribution is 2.12. The Morgan fingerprint density at radius 2 is 2.33 bits per heavy atom. The Hall–Kier alpha value is -1.68. The molecular formula is C14H18FNO2. The summed E-state index contributed by atoms with van der Waals surface area (Å²) >= 11 is 0. The molecule has 0 fully saturated rings. The summed E-state index contributed by atoms with van der Waals surface area (Å²) in [5.41, 5.74) is 0.875. The van der Waals surface area contributed by atoms with Gasteiger partial charge in [-0.25, -0.2) is 9.18 Å². The van der Waals surface area contributed by atoms with Gasteiger partial charge in [-0.05, 0) is 31.5 Å². The predicted molar refractivity (Wildman–Crippen MR) is 68.6 cm³/mol. The first-order chi connectivity index (χ1) is 8.63. The first-order valence-electron chi connectivity index (χ1n) is 5.95. The van der Waals surface area contributed by atoms with Crippen LogP contribution in [-0.4, -0.2) is 19.1 Å². The fourth-order valence-corrected chi connectivity index (χ4v) is 1.48. The van der Waals surface area contributed by atoms with E-state index in [0.717, 1.165) is 5.56 Å². The van der Waals surface area contributed by atoms with E-state index in [1.807, 2.05) is 13.0 Å². The Kier molecular flexibility index (Phi) is 6.08. The molecule has 0 heterocycles. The maximum Gasteiger partial charge on any atom is 0.330 e. The molecule has 0 saturated carbocycles. The summed E-state index contributed by atoms with van der Waals surface area (Å²) in [4.78, 5) is 11.0. The van der Waals surface area contributed by atoms with Crippen molar-refractivity contribution >= 4 is 5.97 Å². The van der Waals surface area contributed by atoms with Crippen LogP contribution in [0.25, 0.3) is 0 Å². The lowest BCUT2D eigenvalue weighted by molar-refractivity contribution is -0.137. The number of esters is 1. The predicted octanol–water partition coefficient (Wildman–Crippen LogP) is 2.60. The molecule has 1 atom stereocenters. The molecule has 3 nitrogen and oxygen atoms in total. The van der Waals surface area contributed by atoms with E-state index in [9.17, 15) is 9.18 Å². The SMILES string of the molecule is CCOC(=O)/C=C/CN[C@H](C)c1cccc(F)c1. The summed E-state index contributed by atoms with van der Waals surface area (Å²) in [7, 11) is 0. The molecule has 0 aliphatic heterocycles. The van der Waals surface area contributed by atoms with Gasteiger partial charge in [0.1, 0.15) is 5.82 Å². The van der Waals surface area contributed by atoms with Crippen LogP contribution in [0.5, 0.6) is 0 Å². The molecule has 1 aromatic rings. The second-order valence-electron chi connectivity index (χ2n) is 3.84. The number of rotatable bonds is 6. The number of hydrogen-bond donors (Lipinski definition) is 1. The van der Waals surface area contributed by atoms with Crippen molar-refractivity contribution in [2.45, 2.75) is 19.9 Å². The Morgan fingerprint density at radius 1 is 1.56 bits per heavy atom. The second-order valence-corrected chi connectivity index (χ2v) is 3.84. The van der Waals surface area contributed by atoms with Crippen molar-refractivity contribution in [3.63, 3.8) is 0 Å². The average molecular weight is 251 g/mol. The minimum Gasteiger partial charge on any atom is -0.463 e. The van der Waals surface area contributed by atoms with Crippen molar-refractivity contribution in [1.29, 1.82) is 0 Å². The van der Waals surface area contributed by atoms with Crippen LogP contribution in [0, 0.1) is 5.82 Å². The number of benzene rings is 1. The van der Waals surface area contributed by atoms with Gasteiger partial charge in [0.05, 0.1) is 6.61 Å². The molecule has 0 spiro atoms. The molecule has 0 aliphatic rings. The number of halogens is 1. The van der Waals surface area contributed by atoms with Crippen LogP contribution < -0.4 is 5.32 Å². The van der Waals surface area contributed by atoms with Crippen LogP contribution in [0.1, 0.15) is 25.5 Å². The zero-order chi connectivity index (χ0) is 13.4. The molecule has 0 aliphatic carbocycles. The highest BCUT2D eigenvalue weighted by atomic mass is 19.1. The summed E-state index contributed by atoms with van der Waals surface area (Å²) in [6.07, 6.45) is 3.07. The standard InChI is InChI=1S/C14H18FNO2/c1-3-18-14(17)8-5-9-16-11(2)12-6-4-7-13(15)10-12/h4-8,10-11,16H,3,9H2,1-2H3/b8-5+/t11-/m1/s1. The van der Waals surface area contributed by atoms with Crippen molar-refractivity contribution in [2.75, 3.05) is 13.2 Å². The molecular weight excluding hydrogens is 233 g/mol. The van der Waals surface area contributed by atoms with E-state index in [2.05, 4.69) is 5.32 Å². The highest BCUT2D eigenvalue weighted by molar-refractivity contribution is 5.81. The summed E-state index contributed by atoms with van der Waals surface area (Å²) < 4.78 is 17.7. The maximum absolute atomic E-state index is 13.0. The second kappa shape index (κ2) is 7.61. The van der Waals surface area contributed by atoms with Crippen molar-refractivity contribution < 1.29 is 13.9 Å². The van der Waals surface area contributed by atoms with Gasteiger partial charge in [0.2, 0.25) is 0 Å². The Balaban J connectivity index is 2.37. The Labute approximate surface area is 107 Å². The first kappa shape index (κ1) is 14.4. The van der Waals surface area contributed by atoms with Crippen molar-refractivity contribution in [2.24, 2.45) is 0 Å². The maximum atomic E-state index is 13.0. The smallest absolute Gasteiger partial charge is 0.330 e. The molecule has 98 valence electrons. The Bertz CT molecular complexity index is 418. The third-order valence-electron chi connectivity index (χ3n) is 2.43. The van der Waals surface area contributed by atoms with Gasteiger partial charge in [0, 0.05) is 18.7 Å². The molecule has 0 aromatic heterocycles. The van der Waals surface area contributed by atoms with Crippen molar-refractivity contribution in [1.82, 2.24) is 5.32 Å². The van der Waals surface area contributed by atoms with E-state index in [0.29, 0.717) is 13.2 Å². The number of hydrogen-bond acceptors (Lipinski definition) is 3. The molecule has 1 rings (SSSR count). The lowest BCUT2D eigenvalue weighted by Gasteiger charge is -2.12. The Morgan fingerprint density at radius 3 is 3.00 bits per heavy atom. The molecule has 1 N–H and O–H groups in total. The monoisotopic (exact) mass is 251 g/mol. The fourth-order valence-electron chi connectivity index (χ4n) is 1.48. The van der Waals surface area contributed by atoms with Crippen LogP contribution in [0.2, 0.25) is 0 Å². The van der Waals surface area contributed by atoms with E-state index in [-0.39, 0.29) is 17.8 Å². The van der Waals surface area contributed by atoms with Crippen LogP contribution in [0.15, 0.2) is 36.4 Å². The van der Waals surface area contributed by atoms with Crippen LogP contribution in [-0.2, 0) is 9.53 Å². The molecule has 0 amide bonds. The molecule has 1 aromatic carbocycles. The van der Waals surface area contributed by atoms with Crippen molar-refractivity contribution in [3.05, 3.63) is 47.8 Å². The summed E-state index contributed by atoms with van der Waals surface area (Å²) in [5, 5.41) is 3.16. The van der Waals surface area contributed by atoms with E-state index in [1.165, 1.54) is 18.2 Å². The van der Waals surface area contributed by atoms with Gasteiger partial charge in [0.15, 0.2) is 0 Å². The minimum absolute atomic E-state index is 0.0209. The van der Waals surface area contributed by atoms with Crippen LogP contribution in [0.3, 0.4) is 0 Å². The summed E-state index contributed by atoms with van der Waals surface area (Å²) in [5.74, 6) is -0.596. The van der Waals surface area contributed by atoms with Gasteiger partial charge >= 0.3 is 5.97 Å². The molecule has 18 heavy (non-hydrogen) atoms. The van der Waals surface area contributed by atoms with E-state index in [4.69, 9.17) is 4.74 Å². The number of nitrogens with one attached hydrogen (secondary N) is 1. The van der Waals surface area contributed by atoms with Gasteiger partial charge in [-0.2, -0.15) is 0 Å². The molecule has 0 radical (unpaired) electrons. The molecule has 0 bridgehead atoms. The lowest BCUT2D eigenvalue weighted by atomic mass is 10.1. The minimum atomic E-state index is -0.349. The van der Waals surface area contributed by atoms with Crippen LogP contribution in [0.4, 0.5) is 4.39 Å². The summed E-state index contributed by atoms with van der Waals surface area (Å²) in [6, 6.07) is 6.46. The largest absolute Gasteiger partial charge is 0.463 e. The lowest BCUT2D eigenvalue weighted by Crippen LogP contribution is -2.18.